The second-order valence-electron chi connectivity index (χ2n) is 5.00. The molecule has 0 unspecified atom stereocenters. The second kappa shape index (κ2) is 5.58. The van der Waals surface area contributed by atoms with E-state index in [2.05, 4.69) is 5.32 Å². The molecule has 1 saturated carbocycles. The van der Waals surface area contributed by atoms with Crippen molar-refractivity contribution in [2.75, 3.05) is 6.54 Å². The van der Waals surface area contributed by atoms with E-state index in [4.69, 9.17) is 5.11 Å². The molecule has 1 fully saturated rings. The molecule has 0 bridgehead atoms. The zero-order valence-electron chi connectivity index (χ0n) is 10.6. The average Bonchev–Trinajstić information content (AvgIpc) is 2.81. The SMILES string of the molecule is O=C(O)CC1(CNC(=O)c2ccc([N+](=O)[O-])s2)CCC1. The van der Waals surface area contributed by atoms with Crippen molar-refractivity contribution >= 4 is 28.2 Å². The van der Waals surface area contributed by atoms with Crippen LogP contribution in [0, 0.1) is 15.5 Å². The first kappa shape index (κ1) is 14.4. The zero-order valence-corrected chi connectivity index (χ0v) is 11.4. The summed E-state index contributed by atoms with van der Waals surface area (Å²) in [6.45, 7) is 0.295. The molecule has 1 aromatic rings. The van der Waals surface area contributed by atoms with Crippen molar-refractivity contribution in [3.8, 4) is 0 Å². The molecule has 1 heterocycles. The normalized spacial score (nSPS) is 16.2. The van der Waals surface area contributed by atoms with Crippen LogP contribution in [-0.4, -0.2) is 28.5 Å². The predicted molar refractivity (Wildman–Crippen MR) is 71.8 cm³/mol. The van der Waals surface area contributed by atoms with E-state index in [1.54, 1.807) is 0 Å². The Kier molecular flexibility index (Phi) is 4.03. The van der Waals surface area contributed by atoms with E-state index in [1.165, 1.54) is 12.1 Å². The van der Waals surface area contributed by atoms with Crippen LogP contribution in [0.25, 0.3) is 0 Å². The van der Waals surface area contributed by atoms with Crippen molar-refractivity contribution in [2.45, 2.75) is 25.7 Å². The fourth-order valence-corrected chi connectivity index (χ4v) is 3.05. The number of aliphatic carboxylic acids is 1. The van der Waals surface area contributed by atoms with E-state index >= 15 is 0 Å². The molecule has 2 N–H and O–H groups in total. The van der Waals surface area contributed by atoms with Gasteiger partial charge in [0.05, 0.1) is 16.2 Å². The summed E-state index contributed by atoms with van der Waals surface area (Å²) in [7, 11) is 0. The Hall–Kier alpha value is -1.96. The summed E-state index contributed by atoms with van der Waals surface area (Å²) in [6.07, 6.45) is 2.57. The second-order valence-corrected chi connectivity index (χ2v) is 6.06. The van der Waals surface area contributed by atoms with Gasteiger partial charge in [-0.2, -0.15) is 0 Å². The van der Waals surface area contributed by atoms with Crippen molar-refractivity contribution in [3.63, 3.8) is 0 Å². The van der Waals surface area contributed by atoms with Crippen LogP contribution in [0.5, 0.6) is 0 Å². The summed E-state index contributed by atoms with van der Waals surface area (Å²) in [5, 5.41) is 22.0. The van der Waals surface area contributed by atoms with Gasteiger partial charge in [0.2, 0.25) is 0 Å². The third kappa shape index (κ3) is 3.13. The van der Waals surface area contributed by atoms with Gasteiger partial charge in [-0.15, -0.1) is 0 Å². The van der Waals surface area contributed by atoms with Gasteiger partial charge in [0.15, 0.2) is 0 Å². The van der Waals surface area contributed by atoms with Gasteiger partial charge in [0.1, 0.15) is 0 Å². The number of rotatable bonds is 6. The summed E-state index contributed by atoms with van der Waals surface area (Å²) in [4.78, 5) is 33.0. The topological polar surface area (TPSA) is 110 Å². The zero-order chi connectivity index (χ0) is 14.8. The van der Waals surface area contributed by atoms with Gasteiger partial charge in [0.25, 0.3) is 5.91 Å². The summed E-state index contributed by atoms with van der Waals surface area (Å²) < 4.78 is 0. The summed E-state index contributed by atoms with van der Waals surface area (Å²) in [5.41, 5.74) is -0.356. The molecule has 1 aliphatic carbocycles. The Labute approximate surface area is 118 Å². The van der Waals surface area contributed by atoms with Crippen LogP contribution >= 0.6 is 11.3 Å². The summed E-state index contributed by atoms with van der Waals surface area (Å²) in [5.74, 6) is -1.26. The van der Waals surface area contributed by atoms with E-state index < -0.39 is 10.9 Å². The van der Waals surface area contributed by atoms with Crippen LogP contribution in [-0.2, 0) is 4.79 Å². The van der Waals surface area contributed by atoms with Crippen LogP contribution in [0.2, 0.25) is 0 Å². The van der Waals surface area contributed by atoms with Gasteiger partial charge < -0.3 is 10.4 Å². The Balaban J connectivity index is 1.94. The molecular weight excluding hydrogens is 284 g/mol. The molecule has 1 amide bonds. The summed E-state index contributed by atoms with van der Waals surface area (Å²) >= 11 is 0.812. The quantitative estimate of drug-likeness (QED) is 0.617. The Morgan fingerprint density at radius 1 is 1.45 bits per heavy atom. The minimum atomic E-state index is -0.870. The van der Waals surface area contributed by atoms with Crippen LogP contribution in [0.15, 0.2) is 12.1 Å². The van der Waals surface area contributed by atoms with E-state index in [9.17, 15) is 19.7 Å². The van der Waals surface area contributed by atoms with Crippen LogP contribution in [0.3, 0.4) is 0 Å². The first-order valence-electron chi connectivity index (χ1n) is 6.16. The van der Waals surface area contributed by atoms with Crippen molar-refractivity contribution in [3.05, 3.63) is 27.1 Å². The lowest BCUT2D eigenvalue weighted by Crippen LogP contribution is -2.43. The highest BCUT2D eigenvalue weighted by Crippen LogP contribution is 2.43. The molecule has 108 valence electrons. The summed E-state index contributed by atoms with van der Waals surface area (Å²) in [6, 6.07) is 2.69. The first-order chi connectivity index (χ1) is 9.42. The molecule has 1 aliphatic rings. The molecule has 7 nitrogen and oxygen atoms in total. The van der Waals surface area contributed by atoms with Crippen molar-refractivity contribution in [2.24, 2.45) is 5.41 Å². The Bertz CT molecular complexity index is 550. The maximum Gasteiger partial charge on any atom is 0.324 e. The molecule has 0 saturated heterocycles. The smallest absolute Gasteiger partial charge is 0.324 e. The lowest BCUT2D eigenvalue weighted by molar-refractivity contribution is -0.380. The number of amides is 1. The first-order valence-corrected chi connectivity index (χ1v) is 6.98. The number of thiophene rings is 1. The molecule has 2 rings (SSSR count). The number of nitrogens with zero attached hydrogens (tertiary/aromatic N) is 1. The van der Waals surface area contributed by atoms with Gasteiger partial charge >= 0.3 is 11.0 Å². The molecular formula is C12H14N2O5S. The standard InChI is InChI=1S/C12H14N2O5S/c15-10(16)6-12(4-1-5-12)7-13-11(17)8-2-3-9(20-8)14(18)19/h2-3H,1,4-7H2,(H,13,17)(H,15,16). The number of carbonyl (C=O) groups excluding carboxylic acids is 1. The van der Waals surface area contributed by atoms with E-state index in [1.807, 2.05) is 0 Å². The molecule has 0 aliphatic heterocycles. The molecule has 0 atom stereocenters. The fraction of sp³-hybridized carbons (Fsp3) is 0.500. The van der Waals surface area contributed by atoms with Gasteiger partial charge in [-0.05, 0) is 24.3 Å². The highest BCUT2D eigenvalue weighted by Gasteiger charge is 2.39. The van der Waals surface area contributed by atoms with Crippen molar-refractivity contribution < 1.29 is 19.6 Å². The number of hydrogen-bond donors (Lipinski definition) is 2. The predicted octanol–water partition coefficient (Wildman–Crippen LogP) is 2.03. The monoisotopic (exact) mass is 298 g/mol. The Morgan fingerprint density at radius 2 is 2.15 bits per heavy atom. The number of carboxylic acids is 1. The molecule has 0 aromatic carbocycles. The van der Waals surface area contributed by atoms with E-state index in [-0.39, 0.29) is 27.6 Å². The highest BCUT2D eigenvalue weighted by molar-refractivity contribution is 7.17. The highest BCUT2D eigenvalue weighted by atomic mass is 32.1. The average molecular weight is 298 g/mol. The number of nitrogens with one attached hydrogen (secondary N) is 1. The lowest BCUT2D eigenvalue weighted by Gasteiger charge is -2.40. The third-order valence-corrected chi connectivity index (χ3v) is 4.60. The van der Waals surface area contributed by atoms with Crippen LogP contribution in [0.4, 0.5) is 5.00 Å². The maximum absolute atomic E-state index is 11.9. The molecule has 1 aromatic heterocycles. The third-order valence-electron chi connectivity index (χ3n) is 3.56. The number of hydrogen-bond acceptors (Lipinski definition) is 5. The molecule has 0 spiro atoms. The number of nitro groups is 1. The van der Waals surface area contributed by atoms with E-state index in [0.29, 0.717) is 6.54 Å². The molecule has 8 heteroatoms. The van der Waals surface area contributed by atoms with Crippen LogP contribution in [0.1, 0.15) is 35.4 Å². The fourth-order valence-electron chi connectivity index (χ4n) is 2.32. The number of carbonyl (C=O) groups is 2. The van der Waals surface area contributed by atoms with Gasteiger partial charge in [0, 0.05) is 12.6 Å². The molecule has 20 heavy (non-hydrogen) atoms. The lowest BCUT2D eigenvalue weighted by atomic mass is 9.66. The van der Waals surface area contributed by atoms with Crippen molar-refractivity contribution in [1.82, 2.24) is 5.32 Å². The van der Waals surface area contributed by atoms with Gasteiger partial charge in [-0.25, -0.2) is 0 Å². The largest absolute Gasteiger partial charge is 0.481 e. The van der Waals surface area contributed by atoms with E-state index in [0.717, 1.165) is 30.6 Å². The number of carboxylic acid groups (broad SMARTS) is 1. The van der Waals surface area contributed by atoms with Crippen molar-refractivity contribution in [1.29, 1.82) is 0 Å². The van der Waals surface area contributed by atoms with Gasteiger partial charge in [-0.1, -0.05) is 17.8 Å². The molecule has 0 radical (unpaired) electrons. The minimum Gasteiger partial charge on any atom is -0.481 e. The van der Waals surface area contributed by atoms with Gasteiger partial charge in [-0.3, -0.25) is 19.7 Å². The Morgan fingerprint density at radius 3 is 2.60 bits per heavy atom. The van der Waals surface area contributed by atoms with Crippen LogP contribution < -0.4 is 5.32 Å². The minimum absolute atomic E-state index is 0.0396. The maximum atomic E-state index is 11.9.